The van der Waals surface area contributed by atoms with Crippen molar-refractivity contribution < 1.29 is 9.90 Å². The molecular formula is C19H34O2. The molecule has 2 nitrogen and oxygen atoms in total. The van der Waals surface area contributed by atoms with Crippen molar-refractivity contribution in [1.29, 1.82) is 0 Å². The highest BCUT2D eigenvalue weighted by molar-refractivity contribution is 5.66. The lowest BCUT2D eigenvalue weighted by Gasteiger charge is -2.11. The first-order valence-electron chi connectivity index (χ1n) is 8.84. The monoisotopic (exact) mass is 294 g/mol. The topological polar surface area (TPSA) is 37.0 Å². The van der Waals surface area contributed by atoms with Crippen LogP contribution in [0.4, 0.5) is 0 Å². The van der Waals surface area contributed by atoms with E-state index in [0.717, 1.165) is 32.1 Å². The summed E-state index contributed by atoms with van der Waals surface area (Å²) in [6, 6.07) is 0. The van der Waals surface area contributed by atoms with E-state index in [2.05, 4.69) is 26.0 Å². The molecule has 0 N–H and O–H groups in total. The molecule has 0 aromatic heterocycles. The van der Waals surface area contributed by atoms with Crippen LogP contribution >= 0.6 is 0 Å². The van der Waals surface area contributed by atoms with Crippen molar-refractivity contribution in [3.05, 3.63) is 19.1 Å². The minimum absolute atomic E-state index is 0.208. The predicted molar refractivity (Wildman–Crippen MR) is 89.4 cm³/mol. The molecule has 2 radical (unpaired) electrons. The number of hydrogen-bond acceptors (Lipinski definition) is 1. The summed E-state index contributed by atoms with van der Waals surface area (Å²) in [5.41, 5.74) is 0. The number of hydrogen-bond donors (Lipinski definition) is 0. The third-order valence-corrected chi connectivity index (χ3v) is 3.93. The molecule has 0 saturated carbocycles. The van der Waals surface area contributed by atoms with E-state index in [1.165, 1.54) is 44.9 Å². The summed E-state index contributed by atoms with van der Waals surface area (Å²) in [6.45, 7) is 6.04. The molecule has 0 aliphatic carbocycles. The zero-order valence-corrected chi connectivity index (χ0v) is 13.9. The van der Waals surface area contributed by atoms with Crippen molar-refractivity contribution in [3.63, 3.8) is 0 Å². The van der Waals surface area contributed by atoms with Crippen LogP contribution in [0.15, 0.2) is 12.2 Å². The fourth-order valence-corrected chi connectivity index (χ4v) is 2.60. The molecule has 0 aliphatic rings. The van der Waals surface area contributed by atoms with Crippen LogP contribution in [0.25, 0.3) is 0 Å². The third kappa shape index (κ3) is 15.4. The van der Waals surface area contributed by atoms with Crippen LogP contribution in [0.3, 0.4) is 0 Å². The molecule has 21 heavy (non-hydrogen) atoms. The Morgan fingerprint density at radius 3 is 2.38 bits per heavy atom. The van der Waals surface area contributed by atoms with Crippen molar-refractivity contribution in [2.45, 2.75) is 90.4 Å². The Morgan fingerprint density at radius 1 is 1.00 bits per heavy atom. The van der Waals surface area contributed by atoms with Crippen LogP contribution in [0, 0.1) is 12.8 Å². The second kappa shape index (κ2) is 15.6. The summed E-state index contributed by atoms with van der Waals surface area (Å²) < 4.78 is 0. The van der Waals surface area contributed by atoms with E-state index >= 15 is 0 Å². The van der Waals surface area contributed by atoms with Gasteiger partial charge in [0.25, 0.3) is 0 Å². The Morgan fingerprint density at radius 2 is 1.71 bits per heavy atom. The summed E-state index contributed by atoms with van der Waals surface area (Å²) in [5, 5.41) is 10.8. The smallest absolute Gasteiger partial charge is 0.247 e. The minimum atomic E-state index is -0.905. The summed E-state index contributed by atoms with van der Waals surface area (Å²) in [6.07, 6.45) is 18.5. The van der Waals surface area contributed by atoms with Crippen LogP contribution in [-0.4, -0.2) is 5.97 Å². The van der Waals surface area contributed by atoms with E-state index < -0.39 is 5.97 Å². The summed E-state index contributed by atoms with van der Waals surface area (Å²) in [4.78, 5) is 10.8. The van der Waals surface area contributed by atoms with Gasteiger partial charge in [0.2, 0.25) is 0 Å². The molecule has 0 saturated heterocycles. The van der Waals surface area contributed by atoms with Gasteiger partial charge in [-0.3, -0.25) is 0 Å². The molecule has 0 spiro atoms. The third-order valence-electron chi connectivity index (χ3n) is 3.93. The molecule has 0 fully saturated rings. The average Bonchev–Trinajstić information content (AvgIpc) is 2.45. The van der Waals surface area contributed by atoms with Gasteiger partial charge in [-0.1, -0.05) is 77.4 Å². The van der Waals surface area contributed by atoms with Crippen LogP contribution < -0.4 is 0 Å². The zero-order valence-electron chi connectivity index (χ0n) is 13.9. The average molecular weight is 294 g/mol. The van der Waals surface area contributed by atoms with Crippen molar-refractivity contribution in [2.75, 3.05) is 0 Å². The first kappa shape index (κ1) is 20.2. The van der Waals surface area contributed by atoms with Gasteiger partial charge in [-0.05, 0) is 31.6 Å². The lowest BCUT2D eigenvalue weighted by molar-refractivity contribution is -0.144. The highest BCUT2D eigenvalue weighted by Gasteiger charge is 2.12. The van der Waals surface area contributed by atoms with Gasteiger partial charge in [0.1, 0.15) is 0 Å². The van der Waals surface area contributed by atoms with E-state index in [4.69, 9.17) is 0 Å². The van der Waals surface area contributed by atoms with Gasteiger partial charge < -0.3 is 0 Å². The van der Waals surface area contributed by atoms with Crippen LogP contribution in [-0.2, 0) is 9.90 Å². The fraction of sp³-hybridized carbons (Fsp3) is 0.789. The maximum atomic E-state index is 10.8. The van der Waals surface area contributed by atoms with Crippen LogP contribution in [0.5, 0.6) is 0 Å². The summed E-state index contributed by atoms with van der Waals surface area (Å²) in [5.74, 6) is -0.647. The molecule has 1 atom stereocenters. The lowest BCUT2D eigenvalue weighted by Crippen LogP contribution is -2.06. The van der Waals surface area contributed by atoms with Crippen molar-refractivity contribution in [2.24, 2.45) is 5.92 Å². The molecule has 0 amide bonds. The largest absolute Gasteiger partial charge is 0.355 e. The molecule has 0 bridgehead atoms. The Labute approximate surface area is 132 Å². The first-order valence-corrected chi connectivity index (χ1v) is 8.84. The molecule has 0 rings (SSSR count). The maximum Gasteiger partial charge on any atom is 0.355 e. The predicted octanol–water partition coefficient (Wildman–Crippen LogP) is 6.04. The SMILES string of the molecule is [CH2]CCCCCCC=CCC(CCCCCC)CC([O])=O. The number of carbonyl (C=O) groups is 1. The number of rotatable bonds is 15. The summed E-state index contributed by atoms with van der Waals surface area (Å²) in [7, 11) is 0. The molecule has 122 valence electrons. The van der Waals surface area contributed by atoms with E-state index in [1.807, 2.05) is 0 Å². The van der Waals surface area contributed by atoms with Gasteiger partial charge in [0.15, 0.2) is 0 Å². The fourth-order valence-electron chi connectivity index (χ4n) is 2.60. The maximum absolute atomic E-state index is 10.8. The lowest BCUT2D eigenvalue weighted by atomic mass is 9.94. The normalized spacial score (nSPS) is 12.9. The van der Waals surface area contributed by atoms with E-state index in [-0.39, 0.29) is 12.3 Å². The standard InChI is InChI=1S/C19H34O2/c1-3-5-7-9-10-11-12-14-16-18(17-19(20)21)15-13-8-6-4-2/h12,14,18H,1,3-11,13,15-17H2,2H3. The van der Waals surface area contributed by atoms with Gasteiger partial charge in [-0.15, -0.1) is 0 Å². The number of unbranched alkanes of at least 4 members (excludes halogenated alkanes) is 8. The minimum Gasteiger partial charge on any atom is -0.247 e. The Hall–Kier alpha value is -0.790. The number of carbonyl (C=O) groups excluding carboxylic acids is 1. The van der Waals surface area contributed by atoms with Gasteiger partial charge in [-0.25, -0.2) is 9.90 Å². The van der Waals surface area contributed by atoms with Crippen LogP contribution in [0.2, 0.25) is 0 Å². The number of allylic oxidation sites excluding steroid dienone is 2. The highest BCUT2D eigenvalue weighted by atomic mass is 16.4. The first-order chi connectivity index (χ1) is 10.2. The van der Waals surface area contributed by atoms with Crippen molar-refractivity contribution in [1.82, 2.24) is 0 Å². The molecule has 0 aromatic rings. The zero-order chi connectivity index (χ0) is 15.8. The van der Waals surface area contributed by atoms with Crippen LogP contribution in [0.1, 0.15) is 90.4 Å². The van der Waals surface area contributed by atoms with Gasteiger partial charge in [-0.2, -0.15) is 0 Å². The quantitative estimate of drug-likeness (QED) is 0.268. The molecular weight excluding hydrogens is 260 g/mol. The van der Waals surface area contributed by atoms with E-state index in [9.17, 15) is 9.90 Å². The van der Waals surface area contributed by atoms with Crippen molar-refractivity contribution >= 4 is 5.97 Å². The van der Waals surface area contributed by atoms with E-state index in [0.29, 0.717) is 0 Å². The van der Waals surface area contributed by atoms with E-state index in [1.54, 1.807) is 0 Å². The molecule has 1 unspecified atom stereocenters. The molecule has 0 heterocycles. The van der Waals surface area contributed by atoms with Gasteiger partial charge in [0, 0.05) is 0 Å². The van der Waals surface area contributed by atoms with Crippen molar-refractivity contribution in [3.8, 4) is 0 Å². The molecule has 0 aromatic carbocycles. The molecule has 2 heteroatoms. The van der Waals surface area contributed by atoms with Gasteiger partial charge in [0.05, 0.1) is 6.42 Å². The Bertz CT molecular complexity index is 258. The highest BCUT2D eigenvalue weighted by Crippen LogP contribution is 2.19. The molecule has 0 aliphatic heterocycles. The Balaban J connectivity index is 3.75. The second-order valence-corrected chi connectivity index (χ2v) is 6.06. The Kier molecular flexibility index (Phi) is 15.0. The summed E-state index contributed by atoms with van der Waals surface area (Å²) >= 11 is 0. The van der Waals surface area contributed by atoms with Gasteiger partial charge >= 0.3 is 5.97 Å². The second-order valence-electron chi connectivity index (χ2n) is 6.06.